The number of aromatic carboxylic acids is 1. The number of anilines is 2. The van der Waals surface area contributed by atoms with Crippen LogP contribution in [0, 0.1) is 5.41 Å². The van der Waals surface area contributed by atoms with E-state index in [1.807, 2.05) is 42.5 Å². The van der Waals surface area contributed by atoms with E-state index in [2.05, 4.69) is 36.7 Å². The molecule has 9 heteroatoms. The summed E-state index contributed by atoms with van der Waals surface area (Å²) in [5.74, 6) is -1.31. The van der Waals surface area contributed by atoms with Crippen molar-refractivity contribution in [2.24, 2.45) is 5.41 Å². The van der Waals surface area contributed by atoms with Gasteiger partial charge < -0.3 is 25.8 Å². The quantitative estimate of drug-likeness (QED) is 0.263. The van der Waals surface area contributed by atoms with Crippen molar-refractivity contribution < 1.29 is 19.4 Å². The number of carboxylic acid groups (broad SMARTS) is 1. The number of ether oxygens (including phenoxy) is 1. The Bertz CT molecular complexity index is 1450. The summed E-state index contributed by atoms with van der Waals surface area (Å²) in [6, 6.07) is 17.3. The van der Waals surface area contributed by atoms with E-state index in [1.54, 1.807) is 6.07 Å². The molecule has 0 unspecified atom stereocenters. The molecule has 2 aliphatic heterocycles. The van der Waals surface area contributed by atoms with Crippen molar-refractivity contribution in [1.82, 2.24) is 5.32 Å². The molecule has 0 saturated carbocycles. The first-order valence-corrected chi connectivity index (χ1v) is 14.0. The summed E-state index contributed by atoms with van der Waals surface area (Å²) in [4.78, 5) is 25.6. The van der Waals surface area contributed by atoms with Crippen LogP contribution in [0.3, 0.4) is 0 Å². The molecule has 0 radical (unpaired) electrons. The molecule has 40 heavy (non-hydrogen) atoms. The fourth-order valence-corrected chi connectivity index (χ4v) is 6.63. The summed E-state index contributed by atoms with van der Waals surface area (Å²) in [6.07, 6.45) is 0.811. The molecule has 3 aromatic carbocycles. The number of carbonyl (C=O) groups excluding carboxylic acids is 1. The fraction of sp³-hybridized carbons (Fsp3) is 0.355. The lowest BCUT2D eigenvalue weighted by Gasteiger charge is -2.39. The van der Waals surface area contributed by atoms with Crippen LogP contribution in [0.25, 0.3) is 0 Å². The average molecular weight is 583 g/mol. The molecule has 7 nitrogen and oxygen atoms in total. The van der Waals surface area contributed by atoms with Crippen LogP contribution in [-0.4, -0.2) is 42.7 Å². The van der Waals surface area contributed by atoms with Gasteiger partial charge >= 0.3 is 5.97 Å². The average Bonchev–Trinajstić information content (AvgIpc) is 3.42. The fourth-order valence-electron chi connectivity index (χ4n) is 6.34. The van der Waals surface area contributed by atoms with Gasteiger partial charge in [-0.25, -0.2) is 4.79 Å². The number of amides is 1. The van der Waals surface area contributed by atoms with Crippen LogP contribution in [0.5, 0.6) is 5.75 Å². The number of nitrogens with one attached hydrogen (secondary N) is 3. The van der Waals surface area contributed by atoms with Gasteiger partial charge in [0.15, 0.2) is 0 Å². The molecule has 0 bridgehead atoms. The second-order valence-corrected chi connectivity index (χ2v) is 12.7. The zero-order valence-electron chi connectivity index (χ0n) is 22.8. The number of halogens is 2. The molecule has 1 saturated heterocycles. The Labute approximate surface area is 244 Å². The van der Waals surface area contributed by atoms with E-state index in [9.17, 15) is 14.7 Å². The summed E-state index contributed by atoms with van der Waals surface area (Å²) in [5, 5.41) is 21.0. The number of fused-ring (bicyclic) bond motifs is 2. The lowest BCUT2D eigenvalue weighted by atomic mass is 9.63. The monoisotopic (exact) mass is 581 g/mol. The number of methoxy groups -OCH3 is 1. The first-order chi connectivity index (χ1) is 18.9. The number of hydrogen-bond donors (Lipinski definition) is 4. The number of carbonyl (C=O) groups is 2. The van der Waals surface area contributed by atoms with Gasteiger partial charge in [0.2, 0.25) is 5.91 Å². The summed E-state index contributed by atoms with van der Waals surface area (Å²) in [5.41, 5.74) is 3.03. The molecule has 1 spiro atoms. The summed E-state index contributed by atoms with van der Waals surface area (Å²) in [6.45, 7) is 7.22. The Morgan fingerprint density at radius 3 is 2.40 bits per heavy atom. The third-order valence-corrected chi connectivity index (χ3v) is 8.47. The van der Waals surface area contributed by atoms with Gasteiger partial charge in [0.05, 0.1) is 24.4 Å². The van der Waals surface area contributed by atoms with Crippen LogP contribution in [0.2, 0.25) is 10.0 Å². The predicted octanol–water partition coefficient (Wildman–Crippen LogP) is 6.56. The first kappa shape index (κ1) is 28.3. The minimum absolute atomic E-state index is 0.0300. The number of benzene rings is 3. The van der Waals surface area contributed by atoms with Crippen LogP contribution >= 0.6 is 23.2 Å². The van der Waals surface area contributed by atoms with Crippen LogP contribution < -0.4 is 20.7 Å². The maximum Gasteiger partial charge on any atom is 0.335 e. The Hall–Kier alpha value is -3.26. The summed E-state index contributed by atoms with van der Waals surface area (Å²) >= 11 is 12.8. The highest BCUT2D eigenvalue weighted by atomic mass is 35.5. The van der Waals surface area contributed by atoms with Crippen molar-refractivity contribution in [1.29, 1.82) is 0 Å². The highest BCUT2D eigenvalue weighted by molar-refractivity contribution is 6.31. The number of rotatable bonds is 6. The van der Waals surface area contributed by atoms with E-state index in [0.717, 1.165) is 23.2 Å². The lowest BCUT2D eigenvalue weighted by Crippen LogP contribution is -2.46. The van der Waals surface area contributed by atoms with Crippen molar-refractivity contribution in [3.63, 3.8) is 0 Å². The Kier molecular flexibility index (Phi) is 7.50. The van der Waals surface area contributed by atoms with Crippen molar-refractivity contribution in [3.8, 4) is 5.75 Å². The molecular formula is C31H33Cl2N3O4. The maximum absolute atomic E-state index is 14.2. The molecule has 4 atom stereocenters. The Morgan fingerprint density at radius 1 is 1.05 bits per heavy atom. The van der Waals surface area contributed by atoms with Crippen molar-refractivity contribution in [2.75, 3.05) is 24.3 Å². The van der Waals surface area contributed by atoms with Crippen molar-refractivity contribution >= 4 is 46.5 Å². The topological polar surface area (TPSA) is 99.7 Å². The van der Waals surface area contributed by atoms with Crippen LogP contribution in [-0.2, 0) is 10.2 Å². The zero-order chi connectivity index (χ0) is 28.8. The van der Waals surface area contributed by atoms with E-state index in [-0.39, 0.29) is 34.6 Å². The Morgan fingerprint density at radius 2 is 1.75 bits per heavy atom. The minimum Gasteiger partial charge on any atom is -0.495 e. The molecule has 4 N–H and O–H groups in total. The number of carboxylic acids is 1. The molecule has 210 valence electrons. The van der Waals surface area contributed by atoms with Gasteiger partial charge in [-0.3, -0.25) is 4.79 Å². The normalized spacial score (nSPS) is 23.5. The van der Waals surface area contributed by atoms with Gasteiger partial charge in [0.25, 0.3) is 0 Å². The minimum atomic E-state index is -1.07. The van der Waals surface area contributed by atoms with Gasteiger partial charge in [-0.2, -0.15) is 0 Å². The predicted molar refractivity (Wildman–Crippen MR) is 159 cm³/mol. The standard InChI is InChI=1S/C31H33Cl2N3O4/c1-30(2,3)15-25-31(16-34-22-12-10-20(33)14-21(22)31)26(17-5-8-19(32)9-6-17)27(36-25)28(37)35-23-11-7-18(29(38)39)13-24(23)40-4/h5-14,25-27,34,36H,15-16H2,1-4H3,(H,35,37)(H,38,39)/t25-,26-,27+,31-/m0/s1. The van der Waals surface area contributed by atoms with Gasteiger partial charge in [-0.05, 0) is 71.5 Å². The van der Waals surface area contributed by atoms with E-state index in [1.165, 1.54) is 19.2 Å². The van der Waals surface area contributed by atoms with Crippen molar-refractivity contribution in [3.05, 3.63) is 87.4 Å². The lowest BCUT2D eigenvalue weighted by molar-refractivity contribution is -0.118. The van der Waals surface area contributed by atoms with Crippen LogP contribution in [0.15, 0.2) is 60.7 Å². The van der Waals surface area contributed by atoms with Gasteiger partial charge in [0, 0.05) is 39.7 Å². The number of hydrogen-bond acceptors (Lipinski definition) is 5. The van der Waals surface area contributed by atoms with E-state index < -0.39 is 17.4 Å². The zero-order valence-corrected chi connectivity index (χ0v) is 24.4. The van der Waals surface area contributed by atoms with Crippen molar-refractivity contribution in [2.45, 2.75) is 50.6 Å². The van der Waals surface area contributed by atoms with Crippen LogP contribution in [0.4, 0.5) is 11.4 Å². The third-order valence-electron chi connectivity index (χ3n) is 7.98. The highest BCUT2D eigenvalue weighted by Crippen LogP contribution is 2.56. The molecule has 1 amide bonds. The molecule has 2 heterocycles. The molecule has 3 aromatic rings. The molecule has 5 rings (SSSR count). The summed E-state index contributed by atoms with van der Waals surface area (Å²) in [7, 11) is 1.44. The first-order valence-electron chi connectivity index (χ1n) is 13.2. The molecule has 1 fully saturated rings. The van der Waals surface area contributed by atoms with Crippen LogP contribution in [0.1, 0.15) is 54.6 Å². The molecule has 0 aromatic heterocycles. The SMILES string of the molecule is COc1cc(C(=O)O)ccc1NC(=O)[C@@H]1N[C@@H](CC(C)(C)C)[C@@]2(CNc3ccc(Cl)cc32)[C@H]1c1ccc(Cl)cc1. The molecule has 0 aliphatic carbocycles. The largest absolute Gasteiger partial charge is 0.495 e. The second kappa shape index (κ2) is 10.6. The molecule has 2 aliphatic rings. The third kappa shape index (κ3) is 5.14. The van der Waals surface area contributed by atoms with E-state index in [4.69, 9.17) is 27.9 Å². The second-order valence-electron chi connectivity index (χ2n) is 11.8. The summed E-state index contributed by atoms with van der Waals surface area (Å²) < 4.78 is 5.43. The van der Waals surface area contributed by atoms with Gasteiger partial charge in [-0.15, -0.1) is 0 Å². The van der Waals surface area contributed by atoms with E-state index in [0.29, 0.717) is 22.3 Å². The van der Waals surface area contributed by atoms with Gasteiger partial charge in [0.1, 0.15) is 5.75 Å². The Balaban J connectivity index is 1.63. The molecular weight excluding hydrogens is 549 g/mol. The van der Waals surface area contributed by atoms with E-state index >= 15 is 0 Å². The maximum atomic E-state index is 14.2. The smallest absolute Gasteiger partial charge is 0.335 e. The van der Waals surface area contributed by atoms with Gasteiger partial charge in [-0.1, -0.05) is 56.1 Å². The highest BCUT2D eigenvalue weighted by Gasteiger charge is 2.61.